The van der Waals surface area contributed by atoms with Crippen LogP contribution in [0, 0.1) is 6.92 Å². The van der Waals surface area contributed by atoms with Gasteiger partial charge in [0, 0.05) is 24.2 Å². The molecule has 0 unspecified atom stereocenters. The lowest BCUT2D eigenvalue weighted by Gasteiger charge is -2.08. The number of fused-ring (bicyclic) bond motifs is 2. The van der Waals surface area contributed by atoms with E-state index in [1.54, 1.807) is 36.7 Å². The number of hydrogen-bond donors (Lipinski definition) is 0. The predicted molar refractivity (Wildman–Crippen MR) is 94.9 cm³/mol. The van der Waals surface area contributed by atoms with Crippen molar-refractivity contribution in [1.29, 1.82) is 0 Å². The standard InChI is InChI=1S/C19H14N4O3/c1-12-3-2-4-17-22-14(10-18(24)23(12)17)11-26-19(25)13-5-6-15-16(9-13)21-8-7-20-15/h2-10H,11H2,1H3. The maximum atomic E-state index is 12.3. The number of aromatic nitrogens is 4. The number of pyridine rings is 1. The van der Waals surface area contributed by atoms with E-state index in [2.05, 4.69) is 15.0 Å². The zero-order valence-electron chi connectivity index (χ0n) is 13.9. The van der Waals surface area contributed by atoms with E-state index in [1.165, 1.54) is 10.5 Å². The molecule has 0 amide bonds. The first kappa shape index (κ1) is 15.9. The molecule has 1 aromatic carbocycles. The monoisotopic (exact) mass is 346 g/mol. The second-order valence-corrected chi connectivity index (χ2v) is 5.78. The highest BCUT2D eigenvalue weighted by atomic mass is 16.5. The van der Waals surface area contributed by atoms with Crippen molar-refractivity contribution in [3.8, 4) is 0 Å². The van der Waals surface area contributed by atoms with Crippen LogP contribution < -0.4 is 5.56 Å². The van der Waals surface area contributed by atoms with Crippen LogP contribution in [0.2, 0.25) is 0 Å². The summed E-state index contributed by atoms with van der Waals surface area (Å²) < 4.78 is 6.81. The van der Waals surface area contributed by atoms with Crippen molar-refractivity contribution in [2.75, 3.05) is 0 Å². The Kier molecular flexibility index (Phi) is 3.89. The fraction of sp³-hybridized carbons (Fsp3) is 0.105. The lowest BCUT2D eigenvalue weighted by Crippen LogP contribution is -2.18. The number of hydrogen-bond acceptors (Lipinski definition) is 6. The highest BCUT2D eigenvalue weighted by Crippen LogP contribution is 2.12. The predicted octanol–water partition coefficient (Wildman–Crippen LogP) is 2.30. The van der Waals surface area contributed by atoms with E-state index >= 15 is 0 Å². The van der Waals surface area contributed by atoms with Crippen molar-refractivity contribution < 1.29 is 9.53 Å². The Morgan fingerprint density at radius 2 is 1.88 bits per heavy atom. The highest BCUT2D eigenvalue weighted by molar-refractivity contribution is 5.93. The van der Waals surface area contributed by atoms with Crippen molar-refractivity contribution in [2.45, 2.75) is 13.5 Å². The molecule has 4 rings (SSSR count). The number of carbonyl (C=O) groups excluding carboxylic acids is 1. The fourth-order valence-corrected chi connectivity index (χ4v) is 2.75. The smallest absolute Gasteiger partial charge is 0.338 e. The Morgan fingerprint density at radius 1 is 1.08 bits per heavy atom. The highest BCUT2D eigenvalue weighted by Gasteiger charge is 2.11. The van der Waals surface area contributed by atoms with Gasteiger partial charge in [-0.1, -0.05) is 6.07 Å². The summed E-state index contributed by atoms with van der Waals surface area (Å²) in [6.07, 6.45) is 3.15. The zero-order valence-corrected chi connectivity index (χ0v) is 13.9. The SMILES string of the molecule is Cc1cccc2nc(COC(=O)c3ccc4nccnc4c3)cc(=O)n12. The topological polar surface area (TPSA) is 86.4 Å². The molecule has 0 atom stereocenters. The summed E-state index contributed by atoms with van der Waals surface area (Å²) in [5, 5.41) is 0. The molecule has 0 radical (unpaired) electrons. The van der Waals surface area contributed by atoms with Gasteiger partial charge in [-0.2, -0.15) is 0 Å². The molecular weight excluding hydrogens is 332 g/mol. The normalized spacial score (nSPS) is 11.0. The van der Waals surface area contributed by atoms with Gasteiger partial charge in [0.15, 0.2) is 0 Å². The maximum Gasteiger partial charge on any atom is 0.338 e. The van der Waals surface area contributed by atoms with Gasteiger partial charge in [-0.25, -0.2) is 9.78 Å². The molecule has 7 heteroatoms. The number of benzene rings is 1. The lowest BCUT2D eigenvalue weighted by atomic mass is 10.2. The average molecular weight is 346 g/mol. The quantitative estimate of drug-likeness (QED) is 0.529. The van der Waals surface area contributed by atoms with Gasteiger partial charge < -0.3 is 4.74 Å². The lowest BCUT2D eigenvalue weighted by molar-refractivity contribution is 0.0468. The van der Waals surface area contributed by atoms with Crippen molar-refractivity contribution >= 4 is 22.6 Å². The minimum Gasteiger partial charge on any atom is -0.456 e. The van der Waals surface area contributed by atoms with Gasteiger partial charge in [0.2, 0.25) is 0 Å². The van der Waals surface area contributed by atoms with E-state index in [1.807, 2.05) is 19.1 Å². The van der Waals surface area contributed by atoms with Gasteiger partial charge >= 0.3 is 5.97 Å². The molecule has 0 saturated carbocycles. The molecule has 0 aliphatic carbocycles. The molecule has 0 spiro atoms. The average Bonchev–Trinajstić information content (AvgIpc) is 2.65. The van der Waals surface area contributed by atoms with Crippen LogP contribution >= 0.6 is 0 Å². The van der Waals surface area contributed by atoms with Crippen molar-refractivity contribution in [3.05, 3.63) is 82.2 Å². The Hall–Kier alpha value is -3.61. The first-order valence-electron chi connectivity index (χ1n) is 7.98. The van der Waals surface area contributed by atoms with Crippen LogP contribution in [0.5, 0.6) is 0 Å². The molecule has 4 aromatic rings. The summed E-state index contributed by atoms with van der Waals surface area (Å²) >= 11 is 0. The molecule has 26 heavy (non-hydrogen) atoms. The van der Waals surface area contributed by atoms with Crippen LogP contribution in [0.1, 0.15) is 21.7 Å². The minimum absolute atomic E-state index is 0.0863. The Bertz CT molecular complexity index is 1200. The number of carbonyl (C=O) groups is 1. The Balaban J connectivity index is 1.57. The molecule has 3 aromatic heterocycles. The van der Waals surface area contributed by atoms with Gasteiger partial charge in [0.1, 0.15) is 12.3 Å². The number of rotatable bonds is 3. The molecule has 7 nitrogen and oxygen atoms in total. The molecule has 0 N–H and O–H groups in total. The fourth-order valence-electron chi connectivity index (χ4n) is 2.75. The largest absolute Gasteiger partial charge is 0.456 e. The molecule has 0 fully saturated rings. The van der Waals surface area contributed by atoms with Crippen LogP contribution in [0.4, 0.5) is 0 Å². The second-order valence-electron chi connectivity index (χ2n) is 5.78. The van der Waals surface area contributed by atoms with Gasteiger partial charge in [0.25, 0.3) is 5.56 Å². The van der Waals surface area contributed by atoms with E-state index in [9.17, 15) is 9.59 Å². The number of ether oxygens (including phenoxy) is 1. The van der Waals surface area contributed by atoms with Gasteiger partial charge in [-0.3, -0.25) is 19.2 Å². The first-order chi connectivity index (χ1) is 12.6. The summed E-state index contributed by atoms with van der Waals surface area (Å²) in [6.45, 7) is 1.75. The third-order valence-electron chi connectivity index (χ3n) is 3.99. The molecule has 0 saturated heterocycles. The summed E-state index contributed by atoms with van der Waals surface area (Å²) in [5.41, 5.74) is 3.18. The summed E-state index contributed by atoms with van der Waals surface area (Å²) in [4.78, 5) is 37.2. The van der Waals surface area contributed by atoms with Crippen molar-refractivity contribution in [2.24, 2.45) is 0 Å². The Morgan fingerprint density at radius 3 is 2.73 bits per heavy atom. The summed E-state index contributed by atoms with van der Waals surface area (Å²) in [6, 6.07) is 11.7. The Labute approximate surface area is 147 Å². The molecule has 0 bridgehead atoms. The van der Waals surface area contributed by atoms with Crippen LogP contribution in [-0.4, -0.2) is 25.3 Å². The van der Waals surface area contributed by atoms with E-state index < -0.39 is 5.97 Å². The van der Waals surface area contributed by atoms with Crippen LogP contribution in [-0.2, 0) is 11.3 Å². The third kappa shape index (κ3) is 2.90. The maximum absolute atomic E-state index is 12.3. The molecule has 0 aliphatic rings. The zero-order chi connectivity index (χ0) is 18.1. The number of esters is 1. The second kappa shape index (κ2) is 6.36. The van der Waals surface area contributed by atoms with Gasteiger partial charge in [-0.05, 0) is 37.3 Å². The van der Waals surface area contributed by atoms with E-state index in [4.69, 9.17) is 4.74 Å². The number of aryl methyl sites for hydroxylation is 1. The summed E-state index contributed by atoms with van der Waals surface area (Å²) in [5.74, 6) is -0.510. The van der Waals surface area contributed by atoms with E-state index in [0.717, 1.165) is 5.69 Å². The van der Waals surface area contributed by atoms with E-state index in [0.29, 0.717) is 27.9 Å². The third-order valence-corrected chi connectivity index (χ3v) is 3.99. The molecule has 128 valence electrons. The summed E-state index contributed by atoms with van der Waals surface area (Å²) in [7, 11) is 0. The van der Waals surface area contributed by atoms with Crippen molar-refractivity contribution in [3.63, 3.8) is 0 Å². The number of nitrogens with zero attached hydrogens (tertiary/aromatic N) is 4. The molecule has 3 heterocycles. The molecule has 0 aliphatic heterocycles. The van der Waals surface area contributed by atoms with Gasteiger partial charge in [-0.15, -0.1) is 0 Å². The van der Waals surface area contributed by atoms with Crippen LogP contribution in [0.25, 0.3) is 16.7 Å². The first-order valence-corrected chi connectivity index (χ1v) is 7.98. The van der Waals surface area contributed by atoms with Gasteiger partial charge in [0.05, 0.1) is 22.3 Å². The van der Waals surface area contributed by atoms with Crippen molar-refractivity contribution in [1.82, 2.24) is 19.4 Å². The molecular formula is C19H14N4O3. The minimum atomic E-state index is -0.510. The van der Waals surface area contributed by atoms with Crippen LogP contribution in [0.15, 0.2) is 59.7 Å². The van der Waals surface area contributed by atoms with Crippen LogP contribution in [0.3, 0.4) is 0 Å². The van der Waals surface area contributed by atoms with E-state index in [-0.39, 0.29) is 12.2 Å².